The highest BCUT2D eigenvalue weighted by Crippen LogP contribution is 2.21. The second-order valence-electron chi connectivity index (χ2n) is 4.97. The van der Waals surface area contributed by atoms with Crippen LogP contribution in [0.25, 0.3) is 0 Å². The highest BCUT2D eigenvalue weighted by atomic mass is 16.2. The Morgan fingerprint density at radius 1 is 1.00 bits per heavy atom. The van der Waals surface area contributed by atoms with Crippen LogP contribution in [-0.4, -0.2) is 12.1 Å². The predicted octanol–water partition coefficient (Wildman–Crippen LogP) is 3.64. The Morgan fingerprint density at radius 2 is 1.47 bits per heavy atom. The Morgan fingerprint density at radius 3 is 1.94 bits per heavy atom. The molecule has 1 amide bonds. The molecule has 0 atom stereocenters. The van der Waals surface area contributed by atoms with E-state index in [2.05, 4.69) is 10.5 Å². The van der Waals surface area contributed by atoms with Gasteiger partial charge >= 0.3 is 0 Å². The van der Waals surface area contributed by atoms with Crippen LogP contribution in [0.3, 0.4) is 0 Å². The number of hydrogen-bond donors (Lipinski definition) is 1. The molecule has 0 heterocycles. The van der Waals surface area contributed by atoms with Crippen LogP contribution in [-0.2, 0) is 4.79 Å². The molecule has 1 saturated carbocycles. The Bertz CT molecular complexity index is 226. The molecule has 0 saturated heterocycles. The van der Waals surface area contributed by atoms with E-state index < -0.39 is 0 Å². The normalized spacial score (nSPS) is 21.0. The van der Waals surface area contributed by atoms with E-state index in [4.69, 9.17) is 0 Å². The third kappa shape index (κ3) is 6.44. The van der Waals surface area contributed by atoms with Gasteiger partial charge in [0.1, 0.15) is 0 Å². The molecule has 0 aromatic heterocycles. The maximum absolute atomic E-state index is 11.9. The quantitative estimate of drug-likeness (QED) is 0.579. The standard InChI is InChI=1S/C14H26N2O/c1-2-15-16-14(17)13-11-9-7-5-3-4-6-8-10-12-13/h2,13H,3-12H2,1H3,(H,16,17)/b15-2+. The Kier molecular flexibility index (Phi) is 7.69. The maximum Gasteiger partial charge on any atom is 0.243 e. The first-order chi connectivity index (χ1) is 8.34. The van der Waals surface area contributed by atoms with E-state index >= 15 is 0 Å². The van der Waals surface area contributed by atoms with Crippen LogP contribution in [0.4, 0.5) is 0 Å². The van der Waals surface area contributed by atoms with E-state index in [1.165, 1.54) is 51.4 Å². The Labute approximate surface area is 105 Å². The van der Waals surface area contributed by atoms with Crippen LogP contribution in [0, 0.1) is 5.92 Å². The van der Waals surface area contributed by atoms with Gasteiger partial charge in [-0.3, -0.25) is 4.79 Å². The lowest BCUT2D eigenvalue weighted by Gasteiger charge is -2.14. The van der Waals surface area contributed by atoms with Crippen molar-refractivity contribution in [1.82, 2.24) is 5.43 Å². The van der Waals surface area contributed by atoms with Gasteiger partial charge in [0, 0.05) is 12.1 Å². The molecule has 0 radical (unpaired) electrons. The molecule has 1 aliphatic rings. The van der Waals surface area contributed by atoms with Crippen LogP contribution in [0.1, 0.15) is 71.1 Å². The molecule has 0 bridgehead atoms. The van der Waals surface area contributed by atoms with Crippen LogP contribution >= 0.6 is 0 Å². The molecule has 0 aliphatic heterocycles. The second-order valence-corrected chi connectivity index (χ2v) is 4.97. The molecule has 1 aliphatic carbocycles. The monoisotopic (exact) mass is 238 g/mol. The third-order valence-electron chi connectivity index (χ3n) is 3.53. The van der Waals surface area contributed by atoms with Gasteiger partial charge in [-0.25, -0.2) is 5.43 Å². The molecule has 0 spiro atoms. The van der Waals surface area contributed by atoms with Crippen LogP contribution in [0.2, 0.25) is 0 Å². The summed E-state index contributed by atoms with van der Waals surface area (Å²) in [5, 5.41) is 3.84. The number of hydrogen-bond acceptors (Lipinski definition) is 2. The van der Waals surface area contributed by atoms with Gasteiger partial charge in [-0.2, -0.15) is 5.10 Å². The number of amides is 1. The fraction of sp³-hybridized carbons (Fsp3) is 0.857. The number of carbonyl (C=O) groups is 1. The summed E-state index contributed by atoms with van der Waals surface area (Å²) in [4.78, 5) is 11.9. The summed E-state index contributed by atoms with van der Waals surface area (Å²) < 4.78 is 0. The van der Waals surface area contributed by atoms with Gasteiger partial charge in [0.05, 0.1) is 0 Å². The average molecular weight is 238 g/mol. The van der Waals surface area contributed by atoms with Crippen molar-refractivity contribution in [3.63, 3.8) is 0 Å². The number of hydrazone groups is 1. The van der Waals surface area contributed by atoms with Crippen molar-refractivity contribution in [1.29, 1.82) is 0 Å². The Balaban J connectivity index is 2.39. The van der Waals surface area contributed by atoms with Crippen molar-refractivity contribution < 1.29 is 4.79 Å². The summed E-state index contributed by atoms with van der Waals surface area (Å²) >= 11 is 0. The molecular formula is C14H26N2O. The van der Waals surface area contributed by atoms with Gasteiger partial charge in [-0.05, 0) is 19.8 Å². The summed E-state index contributed by atoms with van der Waals surface area (Å²) in [6, 6.07) is 0. The zero-order valence-corrected chi connectivity index (χ0v) is 11.1. The van der Waals surface area contributed by atoms with E-state index in [1.54, 1.807) is 6.21 Å². The molecule has 1 N–H and O–H groups in total. The summed E-state index contributed by atoms with van der Waals surface area (Å²) in [5.41, 5.74) is 2.63. The van der Waals surface area contributed by atoms with Crippen molar-refractivity contribution in [2.45, 2.75) is 71.1 Å². The van der Waals surface area contributed by atoms with Crippen molar-refractivity contribution in [3.05, 3.63) is 0 Å². The predicted molar refractivity (Wildman–Crippen MR) is 72.0 cm³/mol. The molecular weight excluding hydrogens is 212 g/mol. The fourth-order valence-corrected chi connectivity index (χ4v) is 2.47. The highest BCUT2D eigenvalue weighted by molar-refractivity contribution is 5.79. The molecule has 98 valence electrons. The molecule has 0 unspecified atom stereocenters. The molecule has 0 aromatic carbocycles. The number of carbonyl (C=O) groups excluding carboxylic acids is 1. The number of nitrogens with zero attached hydrogens (tertiary/aromatic N) is 1. The van der Waals surface area contributed by atoms with E-state index in [9.17, 15) is 4.79 Å². The first kappa shape index (κ1) is 14.2. The molecule has 17 heavy (non-hydrogen) atoms. The molecule has 3 heteroatoms. The first-order valence-corrected chi connectivity index (χ1v) is 7.12. The van der Waals surface area contributed by atoms with Crippen LogP contribution < -0.4 is 5.43 Å². The molecule has 1 rings (SSSR count). The lowest BCUT2D eigenvalue weighted by molar-refractivity contribution is -0.125. The lowest BCUT2D eigenvalue weighted by atomic mass is 9.95. The van der Waals surface area contributed by atoms with Crippen molar-refractivity contribution in [2.75, 3.05) is 0 Å². The molecule has 1 fully saturated rings. The van der Waals surface area contributed by atoms with Crippen LogP contribution in [0.15, 0.2) is 5.10 Å². The Hall–Kier alpha value is -0.860. The summed E-state index contributed by atoms with van der Waals surface area (Å²) in [6.45, 7) is 1.82. The first-order valence-electron chi connectivity index (χ1n) is 7.12. The summed E-state index contributed by atoms with van der Waals surface area (Å²) in [5.74, 6) is 0.291. The minimum absolute atomic E-state index is 0.113. The van der Waals surface area contributed by atoms with E-state index in [-0.39, 0.29) is 11.8 Å². The average Bonchev–Trinajstić information content (AvgIpc) is 2.40. The van der Waals surface area contributed by atoms with Gasteiger partial charge in [-0.1, -0.05) is 51.4 Å². The largest absolute Gasteiger partial charge is 0.273 e. The minimum atomic E-state index is 0.113. The number of rotatable bonds is 2. The van der Waals surface area contributed by atoms with Gasteiger partial charge < -0.3 is 0 Å². The SMILES string of the molecule is C/C=N/NC(=O)C1CCCCCCCCCC1. The summed E-state index contributed by atoms with van der Waals surface area (Å²) in [6.07, 6.45) is 14.0. The smallest absolute Gasteiger partial charge is 0.243 e. The summed E-state index contributed by atoms with van der Waals surface area (Å²) in [7, 11) is 0. The van der Waals surface area contributed by atoms with Crippen molar-refractivity contribution in [2.24, 2.45) is 11.0 Å². The van der Waals surface area contributed by atoms with Gasteiger partial charge in [0.2, 0.25) is 5.91 Å². The molecule has 0 aromatic rings. The maximum atomic E-state index is 11.9. The zero-order valence-electron chi connectivity index (χ0n) is 11.1. The van der Waals surface area contributed by atoms with Gasteiger partial charge in [0.25, 0.3) is 0 Å². The zero-order chi connectivity index (χ0) is 12.3. The topological polar surface area (TPSA) is 41.5 Å². The van der Waals surface area contributed by atoms with E-state index in [0.717, 1.165) is 12.8 Å². The van der Waals surface area contributed by atoms with Crippen molar-refractivity contribution >= 4 is 12.1 Å². The number of nitrogens with one attached hydrogen (secondary N) is 1. The lowest BCUT2D eigenvalue weighted by Crippen LogP contribution is -2.26. The van der Waals surface area contributed by atoms with Crippen molar-refractivity contribution in [3.8, 4) is 0 Å². The fourth-order valence-electron chi connectivity index (χ4n) is 2.47. The minimum Gasteiger partial charge on any atom is -0.273 e. The highest BCUT2D eigenvalue weighted by Gasteiger charge is 2.17. The second kappa shape index (κ2) is 9.20. The third-order valence-corrected chi connectivity index (χ3v) is 3.53. The van der Waals surface area contributed by atoms with E-state index in [0.29, 0.717) is 0 Å². The van der Waals surface area contributed by atoms with E-state index in [1.807, 2.05) is 6.92 Å². The molecule has 3 nitrogen and oxygen atoms in total. The van der Waals surface area contributed by atoms with Crippen LogP contribution in [0.5, 0.6) is 0 Å². The van der Waals surface area contributed by atoms with Gasteiger partial charge in [0.15, 0.2) is 0 Å². The van der Waals surface area contributed by atoms with Gasteiger partial charge in [-0.15, -0.1) is 0 Å².